The van der Waals surface area contributed by atoms with Crippen molar-refractivity contribution < 1.29 is 19.0 Å². The van der Waals surface area contributed by atoms with E-state index in [-0.39, 0.29) is 12.6 Å². The summed E-state index contributed by atoms with van der Waals surface area (Å²) in [5.41, 5.74) is 0.514. The SMILES string of the molecule is COCCOCCOC(=O)c1ccc(S)cc1. The van der Waals surface area contributed by atoms with Gasteiger partial charge < -0.3 is 14.2 Å². The molecule has 0 saturated carbocycles. The van der Waals surface area contributed by atoms with Crippen LogP contribution in [0.2, 0.25) is 0 Å². The van der Waals surface area contributed by atoms with Gasteiger partial charge in [-0.1, -0.05) is 0 Å². The lowest BCUT2D eigenvalue weighted by Gasteiger charge is -2.05. The van der Waals surface area contributed by atoms with Gasteiger partial charge in [-0.3, -0.25) is 0 Å². The Morgan fingerprint density at radius 2 is 1.76 bits per heavy atom. The highest BCUT2D eigenvalue weighted by atomic mass is 32.1. The van der Waals surface area contributed by atoms with Crippen molar-refractivity contribution >= 4 is 18.6 Å². The molecule has 1 rings (SSSR count). The molecule has 5 heteroatoms. The molecule has 0 spiro atoms. The van der Waals surface area contributed by atoms with Gasteiger partial charge >= 0.3 is 5.97 Å². The third-order valence-corrected chi connectivity index (χ3v) is 2.29. The van der Waals surface area contributed by atoms with Crippen LogP contribution in [-0.4, -0.2) is 39.5 Å². The Kier molecular flexibility index (Phi) is 6.69. The number of esters is 1. The van der Waals surface area contributed by atoms with E-state index >= 15 is 0 Å². The molecule has 0 bridgehead atoms. The number of hydrogen-bond acceptors (Lipinski definition) is 5. The van der Waals surface area contributed by atoms with Crippen LogP contribution in [0.3, 0.4) is 0 Å². The number of methoxy groups -OCH3 is 1. The molecule has 1 aromatic rings. The minimum atomic E-state index is -0.353. The Bertz CT molecular complexity index is 337. The summed E-state index contributed by atoms with van der Waals surface area (Å²) in [7, 11) is 1.61. The fourth-order valence-electron chi connectivity index (χ4n) is 1.12. The number of thiol groups is 1. The Morgan fingerprint density at radius 1 is 1.12 bits per heavy atom. The van der Waals surface area contributed by atoms with Gasteiger partial charge in [0.05, 0.1) is 25.4 Å². The molecular formula is C12H16O4S. The highest BCUT2D eigenvalue weighted by Gasteiger charge is 2.05. The first kappa shape index (κ1) is 14.0. The lowest BCUT2D eigenvalue weighted by atomic mass is 10.2. The summed E-state index contributed by atoms with van der Waals surface area (Å²) in [4.78, 5) is 12.3. The largest absolute Gasteiger partial charge is 0.460 e. The number of hydrogen-bond donors (Lipinski definition) is 1. The summed E-state index contributed by atoms with van der Waals surface area (Å²) in [5, 5.41) is 0. The maximum absolute atomic E-state index is 11.5. The van der Waals surface area contributed by atoms with E-state index in [2.05, 4.69) is 12.6 Å². The summed E-state index contributed by atoms with van der Waals surface area (Å²) >= 11 is 4.13. The molecular weight excluding hydrogens is 240 g/mol. The van der Waals surface area contributed by atoms with Gasteiger partial charge in [0.25, 0.3) is 0 Å². The monoisotopic (exact) mass is 256 g/mol. The summed E-state index contributed by atoms with van der Waals surface area (Å²) in [6, 6.07) is 6.84. The van der Waals surface area contributed by atoms with E-state index < -0.39 is 0 Å². The maximum Gasteiger partial charge on any atom is 0.338 e. The standard InChI is InChI=1S/C12H16O4S/c1-14-6-7-15-8-9-16-12(13)10-2-4-11(17)5-3-10/h2-5,17H,6-9H2,1H3. The highest BCUT2D eigenvalue weighted by Crippen LogP contribution is 2.08. The number of carbonyl (C=O) groups excluding carboxylic acids is 1. The molecule has 94 valence electrons. The zero-order valence-corrected chi connectivity index (χ0v) is 10.6. The van der Waals surface area contributed by atoms with Gasteiger partial charge in [-0.2, -0.15) is 0 Å². The van der Waals surface area contributed by atoms with E-state index in [4.69, 9.17) is 14.2 Å². The van der Waals surface area contributed by atoms with Crippen molar-refractivity contribution in [2.75, 3.05) is 33.5 Å². The molecule has 17 heavy (non-hydrogen) atoms. The van der Waals surface area contributed by atoms with Crippen molar-refractivity contribution in [3.05, 3.63) is 29.8 Å². The van der Waals surface area contributed by atoms with Crippen LogP contribution in [0.1, 0.15) is 10.4 Å². The molecule has 0 aromatic heterocycles. The molecule has 0 amide bonds. The van der Waals surface area contributed by atoms with Gasteiger partial charge in [0.15, 0.2) is 0 Å². The number of carbonyl (C=O) groups is 1. The first-order valence-electron chi connectivity index (χ1n) is 5.27. The van der Waals surface area contributed by atoms with Crippen molar-refractivity contribution in [2.24, 2.45) is 0 Å². The molecule has 4 nitrogen and oxygen atoms in total. The average Bonchev–Trinajstić information content (AvgIpc) is 2.34. The first-order chi connectivity index (χ1) is 8.24. The normalized spacial score (nSPS) is 10.2. The summed E-state index contributed by atoms with van der Waals surface area (Å²) in [6.07, 6.45) is 0. The van der Waals surface area contributed by atoms with Crippen molar-refractivity contribution in [1.29, 1.82) is 0 Å². The minimum Gasteiger partial charge on any atom is -0.460 e. The second-order valence-electron chi connectivity index (χ2n) is 3.29. The van der Waals surface area contributed by atoms with Crippen LogP contribution in [0.15, 0.2) is 29.2 Å². The first-order valence-corrected chi connectivity index (χ1v) is 5.71. The van der Waals surface area contributed by atoms with E-state index in [0.717, 1.165) is 4.90 Å². The van der Waals surface area contributed by atoms with Crippen LogP contribution >= 0.6 is 12.6 Å². The van der Waals surface area contributed by atoms with Gasteiger partial charge in [0, 0.05) is 12.0 Å². The van der Waals surface area contributed by atoms with E-state index in [0.29, 0.717) is 25.4 Å². The van der Waals surface area contributed by atoms with E-state index in [1.54, 1.807) is 31.4 Å². The fourth-order valence-corrected chi connectivity index (χ4v) is 1.27. The predicted octanol–water partition coefficient (Wildman–Crippen LogP) is 1.80. The summed E-state index contributed by atoms with van der Waals surface area (Å²) < 4.78 is 15.0. The third kappa shape index (κ3) is 5.72. The molecule has 0 atom stereocenters. The molecule has 0 N–H and O–H groups in total. The second kappa shape index (κ2) is 8.11. The van der Waals surface area contributed by atoms with E-state index in [9.17, 15) is 4.79 Å². The summed E-state index contributed by atoms with van der Waals surface area (Å²) in [6.45, 7) is 1.66. The molecule has 0 fully saturated rings. The van der Waals surface area contributed by atoms with Gasteiger partial charge in [-0.25, -0.2) is 4.79 Å². The zero-order chi connectivity index (χ0) is 12.5. The number of rotatable bonds is 7. The molecule has 0 aliphatic carbocycles. The molecule has 0 saturated heterocycles. The fraction of sp³-hybridized carbons (Fsp3) is 0.417. The van der Waals surface area contributed by atoms with Crippen LogP contribution in [0.5, 0.6) is 0 Å². The van der Waals surface area contributed by atoms with E-state index in [1.807, 2.05) is 0 Å². The smallest absolute Gasteiger partial charge is 0.338 e. The molecule has 0 aliphatic rings. The Hall–Kier alpha value is -1.04. The van der Waals surface area contributed by atoms with Crippen LogP contribution in [0.25, 0.3) is 0 Å². The predicted molar refractivity (Wildman–Crippen MR) is 66.7 cm³/mol. The maximum atomic E-state index is 11.5. The van der Waals surface area contributed by atoms with E-state index in [1.165, 1.54) is 0 Å². The topological polar surface area (TPSA) is 44.8 Å². The quantitative estimate of drug-likeness (QED) is 0.459. The van der Waals surface area contributed by atoms with Gasteiger partial charge in [-0.05, 0) is 24.3 Å². The molecule has 0 unspecified atom stereocenters. The molecule has 0 aliphatic heterocycles. The highest BCUT2D eigenvalue weighted by molar-refractivity contribution is 7.80. The molecule has 1 aromatic carbocycles. The van der Waals surface area contributed by atoms with Crippen molar-refractivity contribution in [2.45, 2.75) is 4.90 Å². The van der Waals surface area contributed by atoms with Gasteiger partial charge in [-0.15, -0.1) is 12.6 Å². The van der Waals surface area contributed by atoms with Crippen LogP contribution in [-0.2, 0) is 14.2 Å². The minimum absolute atomic E-state index is 0.241. The molecule has 0 heterocycles. The average molecular weight is 256 g/mol. The van der Waals surface area contributed by atoms with Crippen LogP contribution in [0.4, 0.5) is 0 Å². The van der Waals surface area contributed by atoms with Gasteiger partial charge in [0.2, 0.25) is 0 Å². The Morgan fingerprint density at radius 3 is 2.41 bits per heavy atom. The summed E-state index contributed by atoms with van der Waals surface area (Å²) in [5.74, 6) is -0.353. The Balaban J connectivity index is 2.19. The van der Waals surface area contributed by atoms with Crippen LogP contribution in [0, 0.1) is 0 Å². The second-order valence-corrected chi connectivity index (χ2v) is 3.80. The van der Waals surface area contributed by atoms with Crippen LogP contribution < -0.4 is 0 Å². The van der Waals surface area contributed by atoms with Crippen molar-refractivity contribution in [3.8, 4) is 0 Å². The molecule has 0 radical (unpaired) electrons. The van der Waals surface area contributed by atoms with Crippen molar-refractivity contribution in [1.82, 2.24) is 0 Å². The zero-order valence-electron chi connectivity index (χ0n) is 9.72. The van der Waals surface area contributed by atoms with Gasteiger partial charge in [0.1, 0.15) is 6.61 Å². The number of benzene rings is 1. The van der Waals surface area contributed by atoms with Crippen molar-refractivity contribution in [3.63, 3.8) is 0 Å². The Labute approximate surface area is 106 Å². The third-order valence-electron chi connectivity index (χ3n) is 2.00. The number of ether oxygens (including phenoxy) is 3. The lowest BCUT2D eigenvalue weighted by molar-refractivity contribution is 0.0213. The lowest BCUT2D eigenvalue weighted by Crippen LogP contribution is -2.12.